The smallest absolute Gasteiger partial charge is 0.326 e. The zero-order chi connectivity index (χ0) is 14.1. The monoisotopic (exact) mass is 258 g/mol. The molecule has 0 saturated heterocycles. The second-order valence-corrected chi connectivity index (χ2v) is 4.61. The van der Waals surface area contributed by atoms with Crippen LogP contribution in [0.1, 0.15) is 40.0 Å². The summed E-state index contributed by atoms with van der Waals surface area (Å²) in [6.07, 6.45) is 1.43. The van der Waals surface area contributed by atoms with E-state index in [0.29, 0.717) is 19.3 Å². The molecule has 3 N–H and O–H groups in total. The fraction of sp³-hybridized carbons (Fsp3) is 0.750. The van der Waals surface area contributed by atoms with Gasteiger partial charge in [0.2, 0.25) is 11.8 Å². The van der Waals surface area contributed by atoms with Crippen molar-refractivity contribution in [1.29, 1.82) is 0 Å². The van der Waals surface area contributed by atoms with Crippen LogP contribution >= 0.6 is 0 Å². The lowest BCUT2D eigenvalue weighted by Gasteiger charge is -2.16. The number of nitrogens with one attached hydrogen (secondary N) is 2. The molecule has 6 heteroatoms. The van der Waals surface area contributed by atoms with Gasteiger partial charge in [0.15, 0.2) is 0 Å². The lowest BCUT2D eigenvalue weighted by molar-refractivity contribution is -0.142. The van der Waals surface area contributed by atoms with E-state index in [9.17, 15) is 14.4 Å². The second kappa shape index (κ2) is 8.49. The molecule has 1 atom stereocenters. The van der Waals surface area contributed by atoms with Gasteiger partial charge in [-0.05, 0) is 18.8 Å². The van der Waals surface area contributed by atoms with E-state index in [1.165, 1.54) is 0 Å². The highest BCUT2D eigenvalue weighted by Crippen LogP contribution is 2.04. The lowest BCUT2D eigenvalue weighted by atomic mass is 10.0. The molecule has 0 aliphatic carbocycles. The van der Waals surface area contributed by atoms with E-state index in [1.807, 2.05) is 20.8 Å². The maximum Gasteiger partial charge on any atom is 0.326 e. The highest BCUT2D eigenvalue weighted by atomic mass is 16.4. The Bertz CT molecular complexity index is 302. The van der Waals surface area contributed by atoms with E-state index in [1.54, 1.807) is 0 Å². The standard InChI is InChI=1S/C12H22N2O4/c1-4-5-10(15)13-7-11(16)14-9(12(17)18)6-8(2)3/h8-9H,4-7H2,1-3H3,(H,13,15)(H,14,16)(H,17,18)/t9-/m1/s1. The first kappa shape index (κ1) is 16.4. The van der Waals surface area contributed by atoms with Crippen LogP contribution in [0.3, 0.4) is 0 Å². The van der Waals surface area contributed by atoms with Crippen molar-refractivity contribution in [3.8, 4) is 0 Å². The summed E-state index contributed by atoms with van der Waals surface area (Å²) in [6.45, 7) is 5.44. The van der Waals surface area contributed by atoms with Crippen LogP contribution in [0, 0.1) is 5.92 Å². The number of amides is 2. The Morgan fingerprint density at radius 2 is 1.78 bits per heavy atom. The molecule has 0 rings (SSSR count). The first-order valence-electron chi connectivity index (χ1n) is 6.15. The van der Waals surface area contributed by atoms with Crippen LogP contribution in [0.15, 0.2) is 0 Å². The van der Waals surface area contributed by atoms with Gasteiger partial charge in [-0.1, -0.05) is 20.8 Å². The second-order valence-electron chi connectivity index (χ2n) is 4.61. The number of carboxylic acid groups (broad SMARTS) is 1. The fourth-order valence-corrected chi connectivity index (χ4v) is 1.43. The molecule has 0 aliphatic heterocycles. The molecule has 6 nitrogen and oxygen atoms in total. The number of hydrogen-bond donors (Lipinski definition) is 3. The Morgan fingerprint density at radius 3 is 2.22 bits per heavy atom. The molecular weight excluding hydrogens is 236 g/mol. The molecule has 18 heavy (non-hydrogen) atoms. The third-order valence-corrected chi connectivity index (χ3v) is 2.26. The summed E-state index contributed by atoms with van der Waals surface area (Å²) in [4.78, 5) is 33.5. The first-order chi connectivity index (χ1) is 8.36. The van der Waals surface area contributed by atoms with E-state index in [4.69, 9.17) is 5.11 Å². The summed E-state index contributed by atoms with van der Waals surface area (Å²) in [7, 11) is 0. The number of aliphatic carboxylic acids is 1. The maximum absolute atomic E-state index is 11.5. The van der Waals surface area contributed by atoms with Gasteiger partial charge in [0.05, 0.1) is 6.54 Å². The largest absolute Gasteiger partial charge is 0.480 e. The van der Waals surface area contributed by atoms with E-state index in [-0.39, 0.29) is 18.4 Å². The van der Waals surface area contributed by atoms with E-state index >= 15 is 0 Å². The molecule has 0 spiro atoms. The van der Waals surface area contributed by atoms with Crippen LogP contribution in [-0.2, 0) is 14.4 Å². The minimum atomic E-state index is -1.06. The molecule has 0 saturated carbocycles. The van der Waals surface area contributed by atoms with Gasteiger partial charge in [0.1, 0.15) is 6.04 Å². The number of carboxylic acids is 1. The summed E-state index contributed by atoms with van der Waals surface area (Å²) in [6, 6.07) is -0.902. The highest BCUT2D eigenvalue weighted by Gasteiger charge is 2.20. The first-order valence-corrected chi connectivity index (χ1v) is 6.15. The molecule has 0 radical (unpaired) electrons. The SMILES string of the molecule is CCCC(=O)NCC(=O)N[C@H](CC(C)C)C(=O)O. The van der Waals surface area contributed by atoms with Crippen molar-refractivity contribution in [2.24, 2.45) is 5.92 Å². The average Bonchev–Trinajstić information content (AvgIpc) is 2.25. The molecule has 0 heterocycles. The van der Waals surface area contributed by atoms with Crippen molar-refractivity contribution >= 4 is 17.8 Å². The number of carbonyl (C=O) groups excluding carboxylic acids is 2. The quantitative estimate of drug-likeness (QED) is 0.591. The molecule has 0 aromatic carbocycles. The van der Waals surface area contributed by atoms with Crippen molar-refractivity contribution < 1.29 is 19.5 Å². The Balaban J connectivity index is 4.10. The Morgan fingerprint density at radius 1 is 1.17 bits per heavy atom. The lowest BCUT2D eigenvalue weighted by Crippen LogP contribution is -2.46. The Labute approximate surface area is 107 Å². The molecule has 0 aromatic rings. The molecular formula is C12H22N2O4. The van der Waals surface area contributed by atoms with Crippen molar-refractivity contribution in [2.45, 2.75) is 46.1 Å². The summed E-state index contributed by atoms with van der Waals surface area (Å²) in [5.41, 5.74) is 0. The van der Waals surface area contributed by atoms with Crippen molar-refractivity contribution in [2.75, 3.05) is 6.54 Å². The molecule has 104 valence electrons. The van der Waals surface area contributed by atoms with Gasteiger partial charge < -0.3 is 15.7 Å². The maximum atomic E-state index is 11.5. The third-order valence-electron chi connectivity index (χ3n) is 2.26. The summed E-state index contributed by atoms with van der Waals surface area (Å²) >= 11 is 0. The van der Waals surface area contributed by atoms with Crippen LogP contribution in [0.4, 0.5) is 0 Å². The molecule has 0 fully saturated rings. The molecule has 0 aromatic heterocycles. The van der Waals surface area contributed by atoms with E-state index in [2.05, 4.69) is 10.6 Å². The molecule has 2 amide bonds. The topological polar surface area (TPSA) is 95.5 Å². The van der Waals surface area contributed by atoms with Crippen LogP contribution in [0.25, 0.3) is 0 Å². The molecule has 0 aliphatic rings. The zero-order valence-corrected chi connectivity index (χ0v) is 11.2. The van der Waals surface area contributed by atoms with Crippen LogP contribution in [-0.4, -0.2) is 35.5 Å². The van der Waals surface area contributed by atoms with Gasteiger partial charge in [-0.3, -0.25) is 9.59 Å². The molecule has 0 bridgehead atoms. The Hall–Kier alpha value is -1.59. The third kappa shape index (κ3) is 7.65. The van der Waals surface area contributed by atoms with Gasteiger partial charge >= 0.3 is 5.97 Å². The minimum Gasteiger partial charge on any atom is -0.480 e. The fourth-order valence-electron chi connectivity index (χ4n) is 1.43. The zero-order valence-electron chi connectivity index (χ0n) is 11.2. The summed E-state index contributed by atoms with van der Waals surface area (Å²) in [5.74, 6) is -1.58. The minimum absolute atomic E-state index is 0.168. The van der Waals surface area contributed by atoms with Crippen molar-refractivity contribution in [1.82, 2.24) is 10.6 Å². The highest BCUT2D eigenvalue weighted by molar-refractivity contribution is 5.87. The predicted molar refractivity (Wildman–Crippen MR) is 66.9 cm³/mol. The van der Waals surface area contributed by atoms with Crippen molar-refractivity contribution in [3.05, 3.63) is 0 Å². The van der Waals surface area contributed by atoms with Crippen molar-refractivity contribution in [3.63, 3.8) is 0 Å². The van der Waals surface area contributed by atoms with Crippen LogP contribution < -0.4 is 10.6 Å². The van der Waals surface area contributed by atoms with E-state index in [0.717, 1.165) is 0 Å². The van der Waals surface area contributed by atoms with Gasteiger partial charge in [0.25, 0.3) is 0 Å². The van der Waals surface area contributed by atoms with Gasteiger partial charge in [-0.2, -0.15) is 0 Å². The number of hydrogen-bond acceptors (Lipinski definition) is 3. The normalized spacial score (nSPS) is 12.0. The summed E-state index contributed by atoms with van der Waals surface area (Å²) < 4.78 is 0. The molecule has 0 unspecified atom stereocenters. The predicted octanol–water partition coefficient (Wildman–Crippen LogP) is 0.518. The number of rotatable bonds is 8. The van der Waals surface area contributed by atoms with Gasteiger partial charge in [0, 0.05) is 6.42 Å². The average molecular weight is 258 g/mol. The van der Waals surface area contributed by atoms with Gasteiger partial charge in [-0.25, -0.2) is 4.79 Å². The number of carbonyl (C=O) groups is 3. The van der Waals surface area contributed by atoms with E-state index < -0.39 is 17.9 Å². The van der Waals surface area contributed by atoms with Gasteiger partial charge in [-0.15, -0.1) is 0 Å². The van der Waals surface area contributed by atoms with Crippen LogP contribution in [0.5, 0.6) is 0 Å². The summed E-state index contributed by atoms with van der Waals surface area (Å²) in [5, 5.41) is 13.8. The van der Waals surface area contributed by atoms with Crippen LogP contribution in [0.2, 0.25) is 0 Å². The Kier molecular flexibility index (Phi) is 7.74.